The summed E-state index contributed by atoms with van der Waals surface area (Å²) in [5.41, 5.74) is 6.61. The molecule has 0 saturated carbocycles. The van der Waals surface area contributed by atoms with E-state index in [4.69, 9.17) is 5.73 Å². The third kappa shape index (κ3) is 3.09. The summed E-state index contributed by atoms with van der Waals surface area (Å²) < 4.78 is 0. The van der Waals surface area contributed by atoms with Crippen LogP contribution in [0.1, 0.15) is 16.6 Å². The van der Waals surface area contributed by atoms with Crippen molar-refractivity contribution in [1.29, 1.82) is 0 Å². The van der Waals surface area contributed by atoms with Crippen LogP contribution < -0.4 is 5.73 Å². The van der Waals surface area contributed by atoms with Crippen molar-refractivity contribution >= 4 is 23.5 Å². The predicted molar refractivity (Wildman–Crippen MR) is 67.3 cm³/mol. The minimum Gasteiger partial charge on any atom is -0.330 e. The molecule has 1 unspecified atom stereocenters. The van der Waals surface area contributed by atoms with Gasteiger partial charge in [0.1, 0.15) is 5.82 Å². The maximum Gasteiger partial charge on any atom is 0.141 e. The molecule has 0 aromatic carbocycles. The molecule has 2 N–H and O–H groups in total. The summed E-state index contributed by atoms with van der Waals surface area (Å²) in [6.07, 6.45) is 4.69. The Kier molecular flexibility index (Phi) is 4.29. The maximum absolute atomic E-state index is 5.48. The van der Waals surface area contributed by atoms with Gasteiger partial charge in [0.2, 0.25) is 0 Å². The van der Waals surface area contributed by atoms with Crippen molar-refractivity contribution in [2.24, 2.45) is 5.73 Å². The van der Waals surface area contributed by atoms with Gasteiger partial charge < -0.3 is 5.73 Å². The normalized spacial score (nSPS) is 21.5. The summed E-state index contributed by atoms with van der Waals surface area (Å²) >= 11 is 3.96. The lowest BCUT2D eigenvalue weighted by molar-refractivity contribution is 0.881. The molecule has 1 aliphatic rings. The molecule has 0 bridgehead atoms. The molecular weight excluding hydrogens is 226 g/mol. The number of nitrogens with zero attached hydrogens (tertiary/aromatic N) is 2. The molecule has 0 radical (unpaired) electrons. The van der Waals surface area contributed by atoms with E-state index >= 15 is 0 Å². The molecule has 1 aliphatic heterocycles. The molecule has 1 aromatic rings. The van der Waals surface area contributed by atoms with Crippen LogP contribution in [0.3, 0.4) is 0 Å². The van der Waals surface area contributed by atoms with Gasteiger partial charge in [-0.05, 0) is 18.5 Å². The summed E-state index contributed by atoms with van der Waals surface area (Å²) in [7, 11) is 0. The first-order valence-electron chi connectivity index (χ1n) is 5.10. The Morgan fingerprint density at radius 3 is 2.73 bits per heavy atom. The zero-order chi connectivity index (χ0) is 10.5. The summed E-state index contributed by atoms with van der Waals surface area (Å²) in [5.74, 6) is 4.59. The molecule has 5 heteroatoms. The highest BCUT2D eigenvalue weighted by Crippen LogP contribution is 2.34. The highest BCUT2D eigenvalue weighted by molar-refractivity contribution is 8.06. The molecule has 1 saturated heterocycles. The molecule has 0 amide bonds. The highest BCUT2D eigenvalue weighted by Gasteiger charge is 2.18. The van der Waals surface area contributed by atoms with Crippen LogP contribution in [0.5, 0.6) is 0 Å². The van der Waals surface area contributed by atoms with Crippen LogP contribution in [0, 0.1) is 0 Å². The Bertz CT molecular complexity index is 296. The van der Waals surface area contributed by atoms with Crippen LogP contribution >= 0.6 is 23.5 Å². The molecule has 82 valence electrons. The van der Waals surface area contributed by atoms with E-state index in [2.05, 4.69) is 9.97 Å². The molecule has 1 fully saturated rings. The Morgan fingerprint density at radius 1 is 1.33 bits per heavy atom. The SMILES string of the molecule is NCCc1cnc(C2CSCCS2)nc1. The lowest BCUT2D eigenvalue weighted by Crippen LogP contribution is -2.11. The van der Waals surface area contributed by atoms with Crippen LogP contribution in [-0.4, -0.2) is 33.8 Å². The van der Waals surface area contributed by atoms with Crippen molar-refractivity contribution in [2.75, 3.05) is 23.8 Å². The van der Waals surface area contributed by atoms with Crippen molar-refractivity contribution < 1.29 is 0 Å². The Balaban J connectivity index is 2.02. The van der Waals surface area contributed by atoms with Gasteiger partial charge in [-0.1, -0.05) is 0 Å². The first kappa shape index (κ1) is 11.2. The minimum absolute atomic E-state index is 0.482. The van der Waals surface area contributed by atoms with Crippen LogP contribution in [0.15, 0.2) is 12.4 Å². The van der Waals surface area contributed by atoms with E-state index in [-0.39, 0.29) is 0 Å². The Labute approximate surface area is 98.6 Å². The van der Waals surface area contributed by atoms with Crippen molar-refractivity contribution in [3.8, 4) is 0 Å². The Hall–Kier alpha value is -0.260. The number of hydrogen-bond acceptors (Lipinski definition) is 5. The molecule has 3 nitrogen and oxygen atoms in total. The molecule has 15 heavy (non-hydrogen) atoms. The van der Waals surface area contributed by atoms with Crippen LogP contribution in [0.25, 0.3) is 0 Å². The van der Waals surface area contributed by atoms with Crippen LogP contribution in [-0.2, 0) is 6.42 Å². The van der Waals surface area contributed by atoms with E-state index in [1.165, 1.54) is 11.5 Å². The lowest BCUT2D eigenvalue weighted by atomic mass is 10.2. The number of hydrogen-bond donors (Lipinski definition) is 1. The van der Waals surface area contributed by atoms with E-state index in [1.54, 1.807) is 0 Å². The summed E-state index contributed by atoms with van der Waals surface area (Å²) in [6, 6.07) is 0. The second kappa shape index (κ2) is 5.72. The quantitative estimate of drug-likeness (QED) is 0.869. The smallest absolute Gasteiger partial charge is 0.141 e. The zero-order valence-corrected chi connectivity index (χ0v) is 10.2. The van der Waals surface area contributed by atoms with Gasteiger partial charge in [0.15, 0.2) is 0 Å². The largest absolute Gasteiger partial charge is 0.330 e. The number of nitrogens with two attached hydrogens (primary N) is 1. The second-order valence-corrected chi connectivity index (χ2v) is 5.88. The average molecular weight is 241 g/mol. The third-order valence-electron chi connectivity index (χ3n) is 2.26. The van der Waals surface area contributed by atoms with Gasteiger partial charge in [-0.3, -0.25) is 0 Å². The van der Waals surface area contributed by atoms with Gasteiger partial charge in [-0.25, -0.2) is 9.97 Å². The Morgan fingerprint density at radius 2 is 2.13 bits per heavy atom. The maximum atomic E-state index is 5.48. The van der Waals surface area contributed by atoms with Gasteiger partial charge in [-0.15, -0.1) is 11.8 Å². The topological polar surface area (TPSA) is 51.8 Å². The van der Waals surface area contributed by atoms with Crippen molar-refractivity contribution in [3.63, 3.8) is 0 Å². The molecule has 2 heterocycles. The van der Waals surface area contributed by atoms with Gasteiger partial charge in [0.25, 0.3) is 0 Å². The summed E-state index contributed by atoms with van der Waals surface area (Å²) in [4.78, 5) is 8.84. The van der Waals surface area contributed by atoms with E-state index in [9.17, 15) is 0 Å². The van der Waals surface area contributed by atoms with Crippen LogP contribution in [0.4, 0.5) is 0 Å². The fourth-order valence-electron chi connectivity index (χ4n) is 1.46. The number of thioether (sulfide) groups is 2. The van der Waals surface area contributed by atoms with Crippen molar-refractivity contribution in [1.82, 2.24) is 9.97 Å². The fraction of sp³-hybridized carbons (Fsp3) is 0.600. The van der Waals surface area contributed by atoms with Crippen LogP contribution in [0.2, 0.25) is 0 Å². The molecule has 0 aliphatic carbocycles. The summed E-state index contributed by atoms with van der Waals surface area (Å²) in [5, 5.41) is 0.482. The minimum atomic E-state index is 0.482. The monoisotopic (exact) mass is 241 g/mol. The average Bonchev–Trinajstić information content (AvgIpc) is 2.32. The highest BCUT2D eigenvalue weighted by atomic mass is 32.2. The van der Waals surface area contributed by atoms with Crippen molar-refractivity contribution in [3.05, 3.63) is 23.8 Å². The van der Waals surface area contributed by atoms with E-state index in [1.807, 2.05) is 35.9 Å². The molecule has 1 atom stereocenters. The predicted octanol–water partition coefficient (Wildman–Crippen LogP) is 1.50. The second-order valence-electron chi connectivity index (χ2n) is 3.42. The number of rotatable bonds is 3. The summed E-state index contributed by atoms with van der Waals surface area (Å²) in [6.45, 7) is 0.663. The van der Waals surface area contributed by atoms with E-state index in [0.717, 1.165) is 23.6 Å². The lowest BCUT2D eigenvalue weighted by Gasteiger charge is -2.19. The van der Waals surface area contributed by atoms with Gasteiger partial charge in [0, 0.05) is 29.7 Å². The van der Waals surface area contributed by atoms with Gasteiger partial charge >= 0.3 is 0 Å². The van der Waals surface area contributed by atoms with Gasteiger partial charge in [-0.2, -0.15) is 11.8 Å². The fourth-order valence-corrected chi connectivity index (χ4v) is 4.08. The van der Waals surface area contributed by atoms with Gasteiger partial charge in [0.05, 0.1) is 5.25 Å². The molecule has 2 rings (SSSR count). The van der Waals surface area contributed by atoms with E-state index < -0.39 is 0 Å². The first-order valence-corrected chi connectivity index (χ1v) is 7.30. The number of aromatic nitrogens is 2. The third-order valence-corrected chi connectivity index (χ3v) is 5.01. The van der Waals surface area contributed by atoms with E-state index in [0.29, 0.717) is 11.8 Å². The van der Waals surface area contributed by atoms with Crippen molar-refractivity contribution in [2.45, 2.75) is 11.7 Å². The molecule has 1 aromatic heterocycles. The standard InChI is InChI=1S/C10H15N3S2/c11-2-1-8-5-12-10(13-6-8)9-7-14-3-4-15-9/h5-6,9H,1-4,7,11H2. The first-order chi connectivity index (χ1) is 7.40. The molecule has 0 spiro atoms. The zero-order valence-electron chi connectivity index (χ0n) is 8.56. The molecular formula is C10H15N3S2.